The van der Waals surface area contributed by atoms with Crippen LogP contribution in [0.25, 0.3) is 6.08 Å². The van der Waals surface area contributed by atoms with Gasteiger partial charge in [-0.2, -0.15) is 0 Å². The summed E-state index contributed by atoms with van der Waals surface area (Å²) in [6.07, 6.45) is 3.30. The second-order valence-electron chi connectivity index (χ2n) is 7.60. The molecule has 1 atom stereocenters. The fourth-order valence-corrected chi connectivity index (χ4v) is 3.59. The minimum Gasteiger partial charge on any atom is -0.465 e. The van der Waals surface area contributed by atoms with Gasteiger partial charge in [-0.3, -0.25) is 9.59 Å². The van der Waals surface area contributed by atoms with Gasteiger partial charge in [0.15, 0.2) is 0 Å². The molecule has 2 heterocycles. The molecule has 1 aliphatic heterocycles. The molecule has 1 aromatic carbocycles. The zero-order chi connectivity index (χ0) is 19.6. The van der Waals surface area contributed by atoms with Gasteiger partial charge >= 0.3 is 5.97 Å². The molecule has 0 aliphatic carbocycles. The van der Waals surface area contributed by atoms with Gasteiger partial charge in [-0.15, -0.1) is 0 Å². The fraction of sp³-hybridized carbons (Fsp3) is 0.391. The number of rotatable bonds is 7. The predicted molar refractivity (Wildman–Crippen MR) is 107 cm³/mol. The lowest BCUT2D eigenvalue weighted by molar-refractivity contribution is -0.145. The molecule has 2 aromatic rings. The molecule has 1 aliphatic rings. The lowest BCUT2D eigenvalue weighted by Gasteiger charge is -2.11. The maximum Gasteiger partial charge on any atom is 0.315 e. The first-order chi connectivity index (χ1) is 12.9. The molecule has 0 saturated carbocycles. The molecule has 0 radical (unpaired) electrons. The van der Waals surface area contributed by atoms with Crippen LogP contribution in [-0.4, -0.2) is 22.9 Å². The van der Waals surface area contributed by atoms with Crippen molar-refractivity contribution < 1.29 is 14.3 Å². The molecular weight excluding hydrogens is 338 g/mol. The maximum absolute atomic E-state index is 13.0. The Hall–Kier alpha value is -2.62. The molecule has 4 nitrogen and oxygen atoms in total. The summed E-state index contributed by atoms with van der Waals surface area (Å²) in [4.78, 5) is 25.5. The summed E-state index contributed by atoms with van der Waals surface area (Å²) in [6, 6.07) is 9.39. The number of esters is 1. The van der Waals surface area contributed by atoms with Crippen LogP contribution < -0.4 is 0 Å². The Labute approximate surface area is 160 Å². The van der Waals surface area contributed by atoms with Gasteiger partial charge < -0.3 is 9.30 Å². The van der Waals surface area contributed by atoms with Crippen molar-refractivity contribution in [3.8, 4) is 0 Å². The average Bonchev–Trinajstić information content (AvgIpc) is 3.18. The van der Waals surface area contributed by atoms with Crippen molar-refractivity contribution in [3.05, 3.63) is 65.0 Å². The van der Waals surface area contributed by atoms with Crippen LogP contribution in [0.15, 0.2) is 36.9 Å². The van der Waals surface area contributed by atoms with E-state index in [1.54, 1.807) is 6.08 Å². The quantitative estimate of drug-likeness (QED) is 0.526. The number of carbonyl (C=O) groups is 2. The highest BCUT2D eigenvalue weighted by Crippen LogP contribution is 2.34. The second-order valence-corrected chi connectivity index (χ2v) is 7.60. The smallest absolute Gasteiger partial charge is 0.315 e. The van der Waals surface area contributed by atoms with Crippen LogP contribution >= 0.6 is 0 Å². The highest BCUT2D eigenvalue weighted by molar-refractivity contribution is 6.09. The van der Waals surface area contributed by atoms with E-state index in [1.807, 2.05) is 41.8 Å². The third-order valence-corrected chi connectivity index (χ3v) is 5.17. The maximum atomic E-state index is 13.0. The Morgan fingerprint density at radius 3 is 2.63 bits per heavy atom. The van der Waals surface area contributed by atoms with Gasteiger partial charge in [0.2, 0.25) is 5.78 Å². The van der Waals surface area contributed by atoms with Crippen LogP contribution in [-0.2, 0) is 16.1 Å². The Morgan fingerprint density at radius 2 is 2.00 bits per heavy atom. The van der Waals surface area contributed by atoms with Crippen molar-refractivity contribution in [2.24, 2.45) is 5.92 Å². The van der Waals surface area contributed by atoms with E-state index in [-0.39, 0.29) is 17.7 Å². The minimum atomic E-state index is -0.277. The minimum absolute atomic E-state index is 0.0109. The van der Waals surface area contributed by atoms with Crippen molar-refractivity contribution >= 4 is 17.8 Å². The molecule has 0 amide bonds. The van der Waals surface area contributed by atoms with Crippen molar-refractivity contribution in [2.75, 3.05) is 6.61 Å². The molecule has 1 aromatic heterocycles. The Morgan fingerprint density at radius 1 is 1.30 bits per heavy atom. The number of carbonyl (C=O) groups excluding carboxylic acids is 2. The van der Waals surface area contributed by atoms with E-state index in [0.717, 1.165) is 23.2 Å². The van der Waals surface area contributed by atoms with Crippen molar-refractivity contribution in [1.29, 1.82) is 0 Å². The van der Waals surface area contributed by atoms with E-state index in [9.17, 15) is 9.59 Å². The number of ketones is 1. The third-order valence-electron chi connectivity index (χ3n) is 5.17. The first kappa shape index (κ1) is 19.2. The average molecular weight is 365 g/mol. The van der Waals surface area contributed by atoms with Crippen molar-refractivity contribution in [1.82, 2.24) is 4.57 Å². The summed E-state index contributed by atoms with van der Waals surface area (Å²) in [5, 5.41) is 0. The summed E-state index contributed by atoms with van der Waals surface area (Å²) in [6.45, 7) is 11.0. The Balaban J connectivity index is 1.81. The number of hydrogen-bond acceptors (Lipinski definition) is 3. The van der Waals surface area contributed by atoms with Crippen LogP contribution in [0.3, 0.4) is 0 Å². The molecule has 0 N–H and O–H groups in total. The number of aryl methyl sites for hydroxylation is 1. The molecule has 142 valence electrons. The van der Waals surface area contributed by atoms with Gasteiger partial charge in [0, 0.05) is 17.8 Å². The second kappa shape index (κ2) is 7.95. The van der Waals surface area contributed by atoms with E-state index in [4.69, 9.17) is 4.74 Å². The van der Waals surface area contributed by atoms with Crippen LogP contribution in [0, 0.1) is 12.8 Å². The van der Waals surface area contributed by atoms with E-state index in [0.29, 0.717) is 36.7 Å². The first-order valence-corrected chi connectivity index (χ1v) is 9.56. The molecule has 3 rings (SSSR count). The van der Waals surface area contributed by atoms with Gasteiger partial charge in [0.05, 0.1) is 18.2 Å². The molecule has 4 heteroatoms. The van der Waals surface area contributed by atoms with Crippen LogP contribution in [0.5, 0.6) is 0 Å². The standard InChI is InChI=1S/C23H27NO3/c1-5-17-6-8-18(9-7-17)22(25)21-16(4)14-20-19(10-12-24(20)21)23(26)27-13-11-15(2)3/h5-9,14-15,19H,1,10-13H2,2-4H3. The zero-order valence-corrected chi connectivity index (χ0v) is 16.3. The summed E-state index contributed by atoms with van der Waals surface area (Å²) >= 11 is 0. The van der Waals surface area contributed by atoms with Gasteiger partial charge in [0.1, 0.15) is 0 Å². The van der Waals surface area contributed by atoms with Gasteiger partial charge in [-0.1, -0.05) is 50.8 Å². The number of aromatic nitrogens is 1. The van der Waals surface area contributed by atoms with Crippen LogP contribution in [0.1, 0.15) is 65.5 Å². The van der Waals surface area contributed by atoms with E-state index >= 15 is 0 Å². The number of nitrogens with zero attached hydrogens (tertiary/aromatic N) is 1. The molecule has 27 heavy (non-hydrogen) atoms. The number of ether oxygens (including phenoxy) is 1. The van der Waals surface area contributed by atoms with Crippen molar-refractivity contribution in [2.45, 2.75) is 46.1 Å². The molecule has 0 bridgehead atoms. The molecule has 0 saturated heterocycles. The van der Waals surface area contributed by atoms with Gasteiger partial charge in [-0.05, 0) is 42.9 Å². The molecular formula is C23H27NO3. The number of hydrogen-bond donors (Lipinski definition) is 0. The SMILES string of the molecule is C=Cc1ccc(C(=O)c2c(C)cc3n2CCC3C(=O)OCCC(C)C)cc1. The van der Waals surface area contributed by atoms with E-state index < -0.39 is 0 Å². The van der Waals surface area contributed by atoms with Crippen LogP contribution in [0.4, 0.5) is 0 Å². The lowest BCUT2D eigenvalue weighted by Crippen LogP contribution is -2.15. The topological polar surface area (TPSA) is 48.3 Å². The fourth-order valence-electron chi connectivity index (χ4n) is 3.59. The summed E-state index contributed by atoms with van der Waals surface area (Å²) < 4.78 is 7.46. The normalized spacial score (nSPS) is 15.6. The number of fused-ring (bicyclic) bond motifs is 1. The zero-order valence-electron chi connectivity index (χ0n) is 16.3. The molecule has 1 unspecified atom stereocenters. The predicted octanol–water partition coefficient (Wildman–Crippen LogP) is 4.75. The summed E-state index contributed by atoms with van der Waals surface area (Å²) in [7, 11) is 0. The van der Waals surface area contributed by atoms with Gasteiger partial charge in [-0.25, -0.2) is 0 Å². The largest absolute Gasteiger partial charge is 0.465 e. The third kappa shape index (κ3) is 3.90. The number of benzene rings is 1. The highest BCUT2D eigenvalue weighted by Gasteiger charge is 2.34. The van der Waals surface area contributed by atoms with E-state index in [2.05, 4.69) is 20.4 Å². The van der Waals surface area contributed by atoms with E-state index in [1.165, 1.54) is 0 Å². The molecule has 0 fully saturated rings. The Bertz CT molecular complexity index is 858. The monoisotopic (exact) mass is 365 g/mol. The first-order valence-electron chi connectivity index (χ1n) is 9.56. The van der Waals surface area contributed by atoms with Crippen molar-refractivity contribution in [3.63, 3.8) is 0 Å². The highest BCUT2D eigenvalue weighted by atomic mass is 16.5. The van der Waals surface area contributed by atoms with Crippen LogP contribution in [0.2, 0.25) is 0 Å². The molecule has 0 spiro atoms. The van der Waals surface area contributed by atoms with Gasteiger partial charge in [0.25, 0.3) is 0 Å². The Kier molecular flexibility index (Phi) is 5.64. The lowest BCUT2D eigenvalue weighted by atomic mass is 10.0. The summed E-state index contributed by atoms with van der Waals surface area (Å²) in [5.74, 6) is 0.0363. The summed E-state index contributed by atoms with van der Waals surface area (Å²) in [5.41, 5.74) is 4.10.